The molecule has 0 aliphatic carbocycles. The lowest BCUT2D eigenvalue weighted by atomic mass is 10.3. The normalized spacial score (nSPS) is 10.6. The maximum Gasteiger partial charge on any atom is 0.317 e. The summed E-state index contributed by atoms with van der Waals surface area (Å²) >= 11 is 6.54. The molecule has 0 aliphatic heterocycles. The van der Waals surface area contributed by atoms with Crippen molar-refractivity contribution in [3.05, 3.63) is 26.9 Å². The predicted molar refractivity (Wildman–Crippen MR) is 70.2 cm³/mol. The molecule has 1 aromatic heterocycles. The van der Waals surface area contributed by atoms with Crippen molar-refractivity contribution in [3.63, 3.8) is 0 Å². The summed E-state index contributed by atoms with van der Waals surface area (Å²) in [6.07, 6.45) is 1.57. The van der Waals surface area contributed by atoms with Gasteiger partial charge in [0.25, 0.3) is 0 Å². The number of halogens is 2. The molecule has 0 atom stereocenters. The van der Waals surface area contributed by atoms with E-state index in [0.29, 0.717) is 10.2 Å². The Bertz CT molecular complexity index is 451. The second kappa shape index (κ2) is 6.81. The number of aromatic nitrogens is 1. The van der Waals surface area contributed by atoms with E-state index >= 15 is 0 Å². The number of carboxylic acid groups (broad SMARTS) is 2. The van der Waals surface area contributed by atoms with Gasteiger partial charge in [-0.25, -0.2) is 0 Å². The van der Waals surface area contributed by atoms with Crippen molar-refractivity contribution >= 4 is 43.8 Å². The molecular formula is C10H10Br2N2O4. The van der Waals surface area contributed by atoms with Crippen LogP contribution < -0.4 is 0 Å². The summed E-state index contributed by atoms with van der Waals surface area (Å²) in [4.78, 5) is 26.7. The van der Waals surface area contributed by atoms with Crippen molar-refractivity contribution in [2.75, 3.05) is 13.1 Å². The molecule has 0 amide bonds. The summed E-state index contributed by atoms with van der Waals surface area (Å²) in [6, 6.07) is 1.77. The fourth-order valence-corrected chi connectivity index (χ4v) is 2.43. The van der Waals surface area contributed by atoms with Crippen LogP contribution in [-0.2, 0) is 16.1 Å². The molecule has 0 unspecified atom stereocenters. The first-order valence-electron chi connectivity index (χ1n) is 4.84. The molecule has 0 fully saturated rings. The van der Waals surface area contributed by atoms with Gasteiger partial charge in [-0.2, -0.15) is 0 Å². The van der Waals surface area contributed by atoms with Crippen LogP contribution in [0.3, 0.4) is 0 Å². The quantitative estimate of drug-likeness (QED) is 0.777. The summed E-state index contributed by atoms with van der Waals surface area (Å²) in [5.74, 6) is -2.16. The molecule has 0 spiro atoms. The average Bonchev–Trinajstić information content (AvgIpc) is 2.20. The molecule has 98 valence electrons. The van der Waals surface area contributed by atoms with Crippen molar-refractivity contribution < 1.29 is 19.8 Å². The van der Waals surface area contributed by atoms with Crippen molar-refractivity contribution in [3.8, 4) is 0 Å². The SMILES string of the molecule is O=C(O)CN(CC(=O)O)Cc1ncc(Br)cc1Br. The first-order valence-corrected chi connectivity index (χ1v) is 6.43. The number of aliphatic carboxylic acids is 2. The number of rotatable bonds is 6. The zero-order chi connectivity index (χ0) is 13.7. The first-order chi connectivity index (χ1) is 8.38. The van der Waals surface area contributed by atoms with E-state index in [1.54, 1.807) is 12.3 Å². The van der Waals surface area contributed by atoms with Crippen LogP contribution >= 0.6 is 31.9 Å². The molecule has 18 heavy (non-hydrogen) atoms. The largest absolute Gasteiger partial charge is 0.480 e. The molecule has 1 rings (SSSR count). The Morgan fingerprint density at radius 1 is 1.22 bits per heavy atom. The highest BCUT2D eigenvalue weighted by Gasteiger charge is 2.16. The molecule has 0 bridgehead atoms. The van der Waals surface area contributed by atoms with E-state index in [0.717, 1.165) is 4.47 Å². The van der Waals surface area contributed by atoms with Gasteiger partial charge in [-0.3, -0.25) is 19.5 Å². The molecule has 1 heterocycles. The molecule has 0 aromatic carbocycles. The van der Waals surface area contributed by atoms with Gasteiger partial charge >= 0.3 is 11.9 Å². The third kappa shape index (κ3) is 5.11. The van der Waals surface area contributed by atoms with Crippen LogP contribution in [0.2, 0.25) is 0 Å². The van der Waals surface area contributed by atoms with Gasteiger partial charge in [-0.15, -0.1) is 0 Å². The maximum absolute atomic E-state index is 10.6. The molecular weight excluding hydrogens is 372 g/mol. The zero-order valence-electron chi connectivity index (χ0n) is 9.14. The molecule has 2 N–H and O–H groups in total. The second-order valence-electron chi connectivity index (χ2n) is 3.51. The number of hydrogen-bond donors (Lipinski definition) is 2. The summed E-state index contributed by atoms with van der Waals surface area (Å²) in [5, 5.41) is 17.4. The van der Waals surface area contributed by atoms with Gasteiger partial charge in [-0.05, 0) is 37.9 Å². The van der Waals surface area contributed by atoms with E-state index in [1.807, 2.05) is 0 Å². The molecule has 0 aliphatic rings. The molecule has 6 nitrogen and oxygen atoms in total. The predicted octanol–water partition coefficient (Wildman–Crippen LogP) is 1.58. The van der Waals surface area contributed by atoms with E-state index < -0.39 is 11.9 Å². The molecule has 0 saturated heterocycles. The maximum atomic E-state index is 10.6. The van der Waals surface area contributed by atoms with Crippen LogP contribution in [0, 0.1) is 0 Å². The van der Waals surface area contributed by atoms with Crippen molar-refractivity contribution in [1.82, 2.24) is 9.88 Å². The van der Waals surface area contributed by atoms with Gasteiger partial charge in [0.15, 0.2) is 0 Å². The minimum absolute atomic E-state index is 0.145. The lowest BCUT2D eigenvalue weighted by Crippen LogP contribution is -2.34. The van der Waals surface area contributed by atoms with Crippen LogP contribution in [0.15, 0.2) is 21.2 Å². The summed E-state index contributed by atoms with van der Waals surface area (Å²) in [7, 11) is 0. The summed E-state index contributed by atoms with van der Waals surface area (Å²) in [5.41, 5.74) is 0.584. The van der Waals surface area contributed by atoms with Gasteiger partial charge in [-0.1, -0.05) is 0 Å². The molecule has 1 aromatic rings. The van der Waals surface area contributed by atoms with Crippen LogP contribution in [-0.4, -0.2) is 45.1 Å². The molecule has 0 saturated carbocycles. The van der Waals surface area contributed by atoms with Crippen molar-refractivity contribution in [2.24, 2.45) is 0 Å². The van der Waals surface area contributed by atoms with Crippen LogP contribution in [0.5, 0.6) is 0 Å². The Labute approximate surface area is 120 Å². The third-order valence-electron chi connectivity index (χ3n) is 1.98. The monoisotopic (exact) mass is 380 g/mol. The minimum Gasteiger partial charge on any atom is -0.480 e. The molecule has 0 radical (unpaired) electrons. The van der Waals surface area contributed by atoms with Crippen molar-refractivity contribution in [1.29, 1.82) is 0 Å². The smallest absolute Gasteiger partial charge is 0.317 e. The fourth-order valence-electron chi connectivity index (χ4n) is 1.32. The zero-order valence-corrected chi connectivity index (χ0v) is 12.3. The summed E-state index contributed by atoms with van der Waals surface area (Å²) in [6.45, 7) is -0.556. The Morgan fingerprint density at radius 3 is 2.22 bits per heavy atom. The van der Waals surface area contributed by atoms with E-state index in [-0.39, 0.29) is 19.6 Å². The van der Waals surface area contributed by atoms with E-state index in [1.165, 1.54) is 4.90 Å². The van der Waals surface area contributed by atoms with Gasteiger partial charge in [0.1, 0.15) is 0 Å². The number of hydrogen-bond acceptors (Lipinski definition) is 4. The highest BCUT2D eigenvalue weighted by molar-refractivity contribution is 9.11. The highest BCUT2D eigenvalue weighted by Crippen LogP contribution is 2.20. The van der Waals surface area contributed by atoms with Crippen LogP contribution in [0.4, 0.5) is 0 Å². The first kappa shape index (κ1) is 15.1. The van der Waals surface area contributed by atoms with E-state index in [2.05, 4.69) is 36.8 Å². The average molecular weight is 382 g/mol. The summed E-state index contributed by atoms with van der Waals surface area (Å²) < 4.78 is 1.47. The van der Waals surface area contributed by atoms with Crippen molar-refractivity contribution in [2.45, 2.75) is 6.54 Å². The number of carbonyl (C=O) groups is 2. The number of nitrogens with zero attached hydrogens (tertiary/aromatic N) is 2. The van der Waals surface area contributed by atoms with Gasteiger partial charge in [0.05, 0.1) is 18.8 Å². The van der Waals surface area contributed by atoms with Crippen LogP contribution in [0.25, 0.3) is 0 Å². The lowest BCUT2D eigenvalue weighted by Gasteiger charge is -2.18. The van der Waals surface area contributed by atoms with E-state index in [9.17, 15) is 9.59 Å². The number of pyridine rings is 1. The highest BCUT2D eigenvalue weighted by atomic mass is 79.9. The number of carboxylic acids is 2. The second-order valence-corrected chi connectivity index (χ2v) is 5.28. The fraction of sp³-hybridized carbons (Fsp3) is 0.300. The van der Waals surface area contributed by atoms with Gasteiger partial charge in [0.2, 0.25) is 0 Å². The Morgan fingerprint density at radius 2 is 1.78 bits per heavy atom. The minimum atomic E-state index is -1.08. The standard InChI is InChI=1S/C10H10Br2N2O4/c11-6-1-7(12)8(13-2-6)3-14(4-9(15)16)5-10(17)18/h1-2H,3-5H2,(H,15,16)(H,17,18). The third-order valence-corrected chi connectivity index (χ3v) is 3.10. The van der Waals surface area contributed by atoms with Gasteiger partial charge < -0.3 is 10.2 Å². The Hall–Kier alpha value is -0.990. The Kier molecular flexibility index (Phi) is 5.70. The lowest BCUT2D eigenvalue weighted by molar-refractivity contribution is -0.142. The van der Waals surface area contributed by atoms with E-state index in [4.69, 9.17) is 10.2 Å². The van der Waals surface area contributed by atoms with Gasteiger partial charge in [0, 0.05) is 21.7 Å². The molecule has 8 heteroatoms. The topological polar surface area (TPSA) is 90.7 Å². The van der Waals surface area contributed by atoms with Crippen LogP contribution in [0.1, 0.15) is 5.69 Å². The Balaban J connectivity index is 2.81.